The molecule has 0 bridgehead atoms. The summed E-state index contributed by atoms with van der Waals surface area (Å²) in [4.78, 5) is 23.3. The summed E-state index contributed by atoms with van der Waals surface area (Å²) in [6, 6.07) is 23.9. The second kappa shape index (κ2) is 11.3. The number of benzene rings is 3. The van der Waals surface area contributed by atoms with E-state index in [0.717, 1.165) is 9.99 Å². The zero-order chi connectivity index (χ0) is 30.2. The molecule has 2 aliphatic heterocycles. The van der Waals surface area contributed by atoms with E-state index in [4.69, 9.17) is 16.3 Å². The van der Waals surface area contributed by atoms with Crippen LogP contribution >= 0.6 is 11.6 Å². The molecule has 1 unspecified atom stereocenters. The Morgan fingerprint density at radius 2 is 1.65 bits per heavy atom. The lowest BCUT2D eigenvalue weighted by molar-refractivity contribution is -0.127. The van der Waals surface area contributed by atoms with Crippen molar-refractivity contribution in [1.29, 1.82) is 5.26 Å². The largest absolute Gasteiger partial charge is 0.493 e. The van der Waals surface area contributed by atoms with Crippen molar-refractivity contribution in [3.8, 4) is 11.8 Å². The number of fused-ring (bicyclic) bond motifs is 1. The van der Waals surface area contributed by atoms with Crippen molar-refractivity contribution in [2.24, 2.45) is 0 Å². The monoisotopic (exact) mass is 613 g/mol. The van der Waals surface area contributed by atoms with Crippen LogP contribution in [0, 0.1) is 11.3 Å². The molecule has 11 heteroatoms. The van der Waals surface area contributed by atoms with Crippen molar-refractivity contribution in [1.82, 2.24) is 9.88 Å². The highest BCUT2D eigenvalue weighted by Crippen LogP contribution is 2.53. The molecule has 0 radical (unpaired) electrons. The number of amides is 1. The third-order valence-electron chi connectivity index (χ3n) is 7.94. The Morgan fingerprint density at radius 3 is 2.35 bits per heavy atom. The number of nitrogens with zero attached hydrogens (tertiary/aromatic N) is 5. The van der Waals surface area contributed by atoms with Crippen LogP contribution < -0.4 is 13.9 Å². The molecule has 0 spiro atoms. The molecule has 1 aromatic heterocycles. The summed E-state index contributed by atoms with van der Waals surface area (Å²) in [5.41, 5.74) is 0.784. The average Bonchev–Trinajstić information content (AvgIpc) is 3.30. The number of halogens is 1. The zero-order valence-corrected chi connectivity index (χ0v) is 24.9. The second-order valence-electron chi connectivity index (χ2n) is 10.2. The lowest BCUT2D eigenvalue weighted by Gasteiger charge is -2.46. The molecule has 0 N–H and O–H groups in total. The van der Waals surface area contributed by atoms with Gasteiger partial charge in [0.05, 0.1) is 28.9 Å². The SMILES string of the molecule is CCOc1ccccc1C1(N2CCN(c3ccncc3)CC2)C(=O)N(S(=O)(=O)c2ccccc2Cl)c2ccc(C#N)cc21. The van der Waals surface area contributed by atoms with Gasteiger partial charge in [-0.3, -0.25) is 14.7 Å². The molecule has 218 valence electrons. The smallest absolute Gasteiger partial charge is 0.272 e. The first kappa shape index (κ1) is 28.7. The molecule has 4 aromatic rings. The van der Waals surface area contributed by atoms with E-state index >= 15 is 4.79 Å². The molecule has 6 rings (SSSR count). The number of nitriles is 1. The highest BCUT2D eigenvalue weighted by atomic mass is 35.5. The molecule has 2 aliphatic rings. The van der Waals surface area contributed by atoms with Crippen molar-refractivity contribution in [2.45, 2.75) is 17.4 Å². The van der Waals surface area contributed by atoms with Gasteiger partial charge < -0.3 is 9.64 Å². The van der Waals surface area contributed by atoms with Gasteiger partial charge in [0.25, 0.3) is 15.9 Å². The Bertz CT molecular complexity index is 1840. The van der Waals surface area contributed by atoms with Crippen molar-refractivity contribution >= 4 is 38.9 Å². The summed E-state index contributed by atoms with van der Waals surface area (Å²) < 4.78 is 35.5. The van der Waals surface area contributed by atoms with Crippen LogP contribution in [-0.2, 0) is 20.4 Å². The molecular formula is C32H28ClN5O4S. The summed E-state index contributed by atoms with van der Waals surface area (Å²) >= 11 is 6.39. The fourth-order valence-corrected chi connectivity index (χ4v) is 8.03. The van der Waals surface area contributed by atoms with Gasteiger partial charge in [0.2, 0.25) is 0 Å². The van der Waals surface area contributed by atoms with Gasteiger partial charge >= 0.3 is 0 Å². The standard InChI is InChI=1S/C32H28ClN5O4S/c1-2-42-29-9-5-3-7-25(29)32(37-19-17-36(18-20-37)24-13-15-35-16-14-24)26-21-23(22-34)11-12-28(26)38(31(32)39)43(40,41)30-10-6-4-8-27(30)33/h3-16,21H,2,17-20H2,1H3. The van der Waals surface area contributed by atoms with Gasteiger partial charge in [0.1, 0.15) is 10.6 Å². The van der Waals surface area contributed by atoms with Crippen molar-refractivity contribution in [2.75, 3.05) is 42.0 Å². The number of carbonyl (C=O) groups excluding carboxylic acids is 1. The van der Waals surface area contributed by atoms with Crippen LogP contribution in [0.4, 0.5) is 11.4 Å². The Morgan fingerprint density at radius 1 is 0.953 bits per heavy atom. The van der Waals surface area contributed by atoms with E-state index < -0.39 is 21.5 Å². The van der Waals surface area contributed by atoms with Crippen LogP contribution in [0.5, 0.6) is 5.75 Å². The minimum absolute atomic E-state index is 0.00340. The van der Waals surface area contributed by atoms with E-state index in [1.165, 1.54) is 24.3 Å². The highest BCUT2D eigenvalue weighted by Gasteiger charge is 2.60. The van der Waals surface area contributed by atoms with Gasteiger partial charge in [0, 0.05) is 55.4 Å². The number of carbonyl (C=O) groups is 1. The van der Waals surface area contributed by atoms with Crippen LogP contribution in [0.2, 0.25) is 5.02 Å². The summed E-state index contributed by atoms with van der Waals surface area (Å²) in [5, 5.41) is 9.89. The first-order valence-corrected chi connectivity index (χ1v) is 15.7. The number of sulfonamides is 1. The lowest BCUT2D eigenvalue weighted by Crippen LogP contribution is -2.60. The summed E-state index contributed by atoms with van der Waals surface area (Å²) in [6.45, 7) is 4.17. The van der Waals surface area contributed by atoms with Crippen LogP contribution in [0.15, 0.2) is 96.2 Å². The number of rotatable bonds is 7. The number of hydrogen-bond donors (Lipinski definition) is 0. The van der Waals surface area contributed by atoms with Crippen LogP contribution in [0.1, 0.15) is 23.6 Å². The van der Waals surface area contributed by atoms with E-state index in [9.17, 15) is 13.7 Å². The molecule has 1 saturated heterocycles. The fraction of sp³-hybridized carbons (Fsp3) is 0.219. The van der Waals surface area contributed by atoms with Gasteiger partial charge in [-0.05, 0) is 55.5 Å². The lowest BCUT2D eigenvalue weighted by atomic mass is 9.80. The molecule has 1 amide bonds. The van der Waals surface area contributed by atoms with E-state index in [2.05, 4.69) is 16.0 Å². The maximum absolute atomic E-state index is 15.1. The molecule has 1 atom stereocenters. The van der Waals surface area contributed by atoms with E-state index in [1.54, 1.807) is 48.8 Å². The third-order valence-corrected chi connectivity index (χ3v) is 10.1. The fourth-order valence-electron chi connectivity index (χ4n) is 6.07. The molecule has 3 heterocycles. The molecule has 3 aromatic carbocycles. The van der Waals surface area contributed by atoms with Crippen molar-refractivity contribution in [3.63, 3.8) is 0 Å². The van der Waals surface area contributed by atoms with Crippen LogP contribution in [0.3, 0.4) is 0 Å². The predicted octanol–water partition coefficient (Wildman–Crippen LogP) is 4.81. The third kappa shape index (κ3) is 4.61. The maximum atomic E-state index is 15.1. The number of anilines is 2. The van der Waals surface area contributed by atoms with Crippen molar-refractivity contribution < 1.29 is 17.9 Å². The molecule has 9 nitrogen and oxygen atoms in total. The number of aromatic nitrogens is 1. The maximum Gasteiger partial charge on any atom is 0.272 e. The quantitative estimate of drug-likeness (QED) is 0.292. The Labute approximate surface area is 255 Å². The summed E-state index contributed by atoms with van der Waals surface area (Å²) in [5.74, 6) is -0.220. The van der Waals surface area contributed by atoms with E-state index in [-0.39, 0.29) is 15.6 Å². The van der Waals surface area contributed by atoms with E-state index in [1.807, 2.05) is 30.0 Å². The van der Waals surface area contributed by atoms with Crippen LogP contribution in [0.25, 0.3) is 0 Å². The molecule has 1 fully saturated rings. The van der Waals surface area contributed by atoms with Gasteiger partial charge in [-0.1, -0.05) is 41.9 Å². The molecule has 0 saturated carbocycles. The minimum atomic E-state index is -4.46. The number of pyridine rings is 1. The predicted molar refractivity (Wildman–Crippen MR) is 164 cm³/mol. The van der Waals surface area contributed by atoms with Gasteiger partial charge in [-0.2, -0.15) is 5.26 Å². The Hall–Kier alpha value is -4.43. The number of hydrogen-bond acceptors (Lipinski definition) is 8. The summed E-state index contributed by atoms with van der Waals surface area (Å²) in [6.07, 6.45) is 3.47. The topological polar surface area (TPSA) is 107 Å². The molecular weight excluding hydrogens is 586 g/mol. The zero-order valence-electron chi connectivity index (χ0n) is 23.4. The van der Waals surface area contributed by atoms with Gasteiger partial charge in [-0.15, -0.1) is 0 Å². The normalized spacial score (nSPS) is 18.8. The van der Waals surface area contributed by atoms with Crippen molar-refractivity contribution in [3.05, 3.63) is 113 Å². The number of para-hydroxylation sites is 1. The number of ether oxygens (including phenoxy) is 1. The van der Waals surface area contributed by atoms with E-state index in [0.29, 0.717) is 55.2 Å². The van der Waals surface area contributed by atoms with Gasteiger partial charge in [0.15, 0.2) is 5.54 Å². The first-order chi connectivity index (χ1) is 20.8. The summed E-state index contributed by atoms with van der Waals surface area (Å²) in [7, 11) is -4.46. The first-order valence-electron chi connectivity index (χ1n) is 13.8. The van der Waals surface area contributed by atoms with Crippen LogP contribution in [-0.4, -0.2) is 57.0 Å². The molecule has 43 heavy (non-hydrogen) atoms. The highest BCUT2D eigenvalue weighted by molar-refractivity contribution is 7.93. The molecule has 0 aliphatic carbocycles. The second-order valence-corrected chi connectivity index (χ2v) is 12.3. The average molecular weight is 614 g/mol. The minimum Gasteiger partial charge on any atom is -0.493 e. The van der Waals surface area contributed by atoms with Gasteiger partial charge in [-0.25, -0.2) is 12.7 Å². The Balaban J connectivity index is 1.58. The Kier molecular flexibility index (Phi) is 7.56. The number of piperazine rings is 1.